The van der Waals surface area contributed by atoms with Gasteiger partial charge in [0.25, 0.3) is 12.5 Å². The summed E-state index contributed by atoms with van der Waals surface area (Å²) in [6, 6.07) is 14.4. The van der Waals surface area contributed by atoms with E-state index in [-0.39, 0.29) is 17.4 Å². The molecule has 0 unspecified atom stereocenters. The quantitative estimate of drug-likeness (QED) is 0.631. The maximum Gasteiger partial charge on any atom is 0.283 e. The first-order valence-electron chi connectivity index (χ1n) is 6.14. The van der Waals surface area contributed by atoms with Crippen LogP contribution in [0.1, 0.15) is 24.0 Å². The lowest BCUT2D eigenvalue weighted by Gasteiger charge is -2.12. The van der Waals surface area contributed by atoms with E-state index < -0.39 is 0 Å². The van der Waals surface area contributed by atoms with Gasteiger partial charge in [-0.15, -0.1) is 0 Å². The van der Waals surface area contributed by atoms with Gasteiger partial charge in [-0.2, -0.15) is 10.5 Å². The Morgan fingerprint density at radius 3 is 1.18 bits per heavy atom. The van der Waals surface area contributed by atoms with Crippen LogP contribution in [0.5, 0.6) is 11.5 Å². The Morgan fingerprint density at radius 2 is 0.955 bits per heavy atom. The summed E-state index contributed by atoms with van der Waals surface area (Å²) in [6.07, 6.45) is 1.50. The fourth-order valence-corrected chi connectivity index (χ4v) is 1.72. The minimum Gasteiger partial charge on any atom is -0.508 e. The number of nitriles is 2. The van der Waals surface area contributed by atoms with Gasteiger partial charge in [0.05, 0.1) is 0 Å². The number of nitrogens with zero attached hydrogens (tertiary/aromatic N) is 2. The molecule has 0 aromatic heterocycles. The van der Waals surface area contributed by atoms with Crippen molar-refractivity contribution in [3.05, 3.63) is 59.7 Å². The summed E-state index contributed by atoms with van der Waals surface area (Å²) in [7, 11) is 0. The van der Waals surface area contributed by atoms with Gasteiger partial charge >= 0.3 is 0 Å². The first kappa shape index (κ1) is 18.6. The molecule has 0 saturated carbocycles. The van der Waals surface area contributed by atoms with Crippen LogP contribution in [0.3, 0.4) is 0 Å². The van der Waals surface area contributed by atoms with E-state index in [0.29, 0.717) is 0 Å². The maximum absolute atomic E-state index is 9.21. The van der Waals surface area contributed by atoms with E-state index in [9.17, 15) is 10.2 Å². The molecule has 0 aliphatic rings. The Hall–Kier alpha value is -3.38. The summed E-state index contributed by atoms with van der Waals surface area (Å²) >= 11 is 0. The van der Waals surface area contributed by atoms with Crippen molar-refractivity contribution in [1.29, 1.82) is 10.5 Å². The molecule has 0 amide bonds. The van der Waals surface area contributed by atoms with Crippen molar-refractivity contribution in [2.24, 2.45) is 0 Å². The highest BCUT2D eigenvalue weighted by atomic mass is 16.3. The lowest BCUT2D eigenvalue weighted by Crippen LogP contribution is -1.94. The molecule has 114 valence electrons. The highest BCUT2D eigenvalue weighted by Gasteiger charge is 2.07. The summed E-state index contributed by atoms with van der Waals surface area (Å²) < 4.78 is 0. The average molecular weight is 300 g/mol. The Balaban J connectivity index is 0.000000639. The van der Waals surface area contributed by atoms with Gasteiger partial charge in [-0.25, -0.2) is 0 Å². The normalized spacial score (nSPS) is 8.36. The standard InChI is InChI=1S/C14H14O2.2CHNO/c1-10(11-2-6-13(15)7-3-11)12-4-8-14(16)9-5-12;2*2-1-3/h2-10,15-16H,1H3;2*3H. The van der Waals surface area contributed by atoms with Crippen LogP contribution >= 0.6 is 0 Å². The van der Waals surface area contributed by atoms with Crippen molar-refractivity contribution in [3.63, 3.8) is 0 Å². The Kier molecular flexibility index (Phi) is 8.81. The first-order chi connectivity index (χ1) is 10.5. The van der Waals surface area contributed by atoms with E-state index in [1.54, 1.807) is 24.3 Å². The number of aliphatic hydroxyl groups excluding tert-OH is 2. The van der Waals surface area contributed by atoms with Gasteiger partial charge in [0, 0.05) is 5.92 Å². The summed E-state index contributed by atoms with van der Waals surface area (Å²) in [4.78, 5) is 0. The number of benzene rings is 2. The second-order valence-electron chi connectivity index (χ2n) is 4.10. The van der Waals surface area contributed by atoms with E-state index in [4.69, 9.17) is 20.7 Å². The monoisotopic (exact) mass is 300 g/mol. The molecule has 0 aliphatic heterocycles. The van der Waals surface area contributed by atoms with Crippen molar-refractivity contribution in [3.8, 4) is 24.0 Å². The molecule has 2 aromatic carbocycles. The highest BCUT2D eigenvalue weighted by molar-refractivity contribution is 5.36. The fraction of sp³-hybridized carbons (Fsp3) is 0.125. The Labute approximate surface area is 128 Å². The van der Waals surface area contributed by atoms with Gasteiger partial charge in [-0.05, 0) is 35.4 Å². The molecule has 6 heteroatoms. The minimum absolute atomic E-state index is 0.251. The molecular weight excluding hydrogens is 284 g/mol. The van der Waals surface area contributed by atoms with E-state index >= 15 is 0 Å². The molecule has 2 rings (SSSR count). The average Bonchev–Trinajstić information content (AvgIpc) is 2.50. The molecule has 0 spiro atoms. The molecule has 22 heavy (non-hydrogen) atoms. The van der Waals surface area contributed by atoms with Crippen LogP contribution in [0.25, 0.3) is 0 Å². The molecule has 4 N–H and O–H groups in total. The molecule has 0 atom stereocenters. The number of phenolic OH excluding ortho intramolecular Hbond substituents is 2. The second-order valence-corrected chi connectivity index (χ2v) is 4.10. The summed E-state index contributed by atoms with van der Waals surface area (Å²) in [5, 5.41) is 45.9. The van der Waals surface area contributed by atoms with Gasteiger partial charge in [-0.3, -0.25) is 0 Å². The zero-order chi connectivity index (χ0) is 17.0. The topological polar surface area (TPSA) is 128 Å². The molecule has 0 heterocycles. The van der Waals surface area contributed by atoms with Crippen LogP contribution in [0.4, 0.5) is 0 Å². The second kappa shape index (κ2) is 10.4. The fourth-order valence-electron chi connectivity index (χ4n) is 1.72. The SMILES string of the molecule is CC(c1ccc(O)cc1)c1ccc(O)cc1.N#CO.N#CO. The molecular formula is C16H16N2O4. The minimum atomic E-state index is 0.251. The van der Waals surface area contributed by atoms with E-state index in [0.717, 1.165) is 23.6 Å². The first-order valence-corrected chi connectivity index (χ1v) is 6.14. The molecule has 0 radical (unpaired) electrons. The van der Waals surface area contributed by atoms with Crippen molar-refractivity contribution in [1.82, 2.24) is 0 Å². The van der Waals surface area contributed by atoms with Gasteiger partial charge in [0.1, 0.15) is 11.5 Å². The van der Waals surface area contributed by atoms with E-state index in [2.05, 4.69) is 6.92 Å². The maximum atomic E-state index is 9.21. The number of phenols is 2. The zero-order valence-corrected chi connectivity index (χ0v) is 11.9. The van der Waals surface area contributed by atoms with Crippen molar-refractivity contribution >= 4 is 0 Å². The predicted molar refractivity (Wildman–Crippen MR) is 78.8 cm³/mol. The summed E-state index contributed by atoms with van der Waals surface area (Å²) in [5.41, 5.74) is 2.28. The van der Waals surface area contributed by atoms with E-state index in [1.165, 1.54) is 0 Å². The third-order valence-electron chi connectivity index (χ3n) is 2.79. The molecule has 2 aromatic rings. The van der Waals surface area contributed by atoms with Crippen LogP contribution in [-0.2, 0) is 0 Å². The largest absolute Gasteiger partial charge is 0.508 e. The van der Waals surface area contributed by atoms with Crippen LogP contribution in [0.2, 0.25) is 0 Å². The van der Waals surface area contributed by atoms with Gasteiger partial charge in [-0.1, -0.05) is 31.2 Å². The zero-order valence-electron chi connectivity index (χ0n) is 11.9. The van der Waals surface area contributed by atoms with Gasteiger partial charge in [0.15, 0.2) is 0 Å². The summed E-state index contributed by atoms with van der Waals surface area (Å²) in [6.45, 7) is 2.10. The highest BCUT2D eigenvalue weighted by Crippen LogP contribution is 2.26. The lowest BCUT2D eigenvalue weighted by molar-refractivity contribution is 0.475. The Morgan fingerprint density at radius 1 is 0.727 bits per heavy atom. The predicted octanol–water partition coefficient (Wildman–Crippen LogP) is 2.93. The summed E-state index contributed by atoms with van der Waals surface area (Å²) in [5.74, 6) is 0.810. The van der Waals surface area contributed by atoms with Crippen molar-refractivity contribution in [2.45, 2.75) is 12.8 Å². The Bertz CT molecular complexity index is 568. The molecule has 0 saturated heterocycles. The van der Waals surface area contributed by atoms with Crippen molar-refractivity contribution < 1.29 is 20.4 Å². The molecule has 0 aliphatic carbocycles. The molecule has 0 bridgehead atoms. The van der Waals surface area contributed by atoms with Gasteiger partial charge < -0.3 is 20.4 Å². The van der Waals surface area contributed by atoms with Crippen molar-refractivity contribution in [2.75, 3.05) is 0 Å². The van der Waals surface area contributed by atoms with Crippen LogP contribution in [0.15, 0.2) is 48.5 Å². The lowest BCUT2D eigenvalue weighted by atomic mass is 9.93. The number of hydrogen-bond donors (Lipinski definition) is 4. The number of aliphatic hydroxyl groups is 2. The third-order valence-corrected chi connectivity index (χ3v) is 2.79. The van der Waals surface area contributed by atoms with Gasteiger partial charge in [0.2, 0.25) is 0 Å². The number of aromatic hydroxyl groups is 2. The van der Waals surface area contributed by atoms with Crippen LogP contribution in [-0.4, -0.2) is 20.4 Å². The molecule has 0 fully saturated rings. The third kappa shape index (κ3) is 6.69. The van der Waals surface area contributed by atoms with Crippen LogP contribution < -0.4 is 0 Å². The number of rotatable bonds is 2. The van der Waals surface area contributed by atoms with E-state index in [1.807, 2.05) is 24.3 Å². The molecule has 6 nitrogen and oxygen atoms in total. The smallest absolute Gasteiger partial charge is 0.283 e. The number of hydrogen-bond acceptors (Lipinski definition) is 6. The van der Waals surface area contributed by atoms with Crippen LogP contribution in [0, 0.1) is 23.0 Å².